The summed E-state index contributed by atoms with van der Waals surface area (Å²) in [5.41, 5.74) is -0.879. The van der Waals surface area contributed by atoms with Gasteiger partial charge in [-0.1, -0.05) is 0 Å². The molecule has 0 bridgehead atoms. The van der Waals surface area contributed by atoms with E-state index in [1.54, 1.807) is 27.7 Å². The second-order valence-corrected chi connectivity index (χ2v) is 7.18. The Bertz CT molecular complexity index is 657. The van der Waals surface area contributed by atoms with Crippen LogP contribution in [0.15, 0.2) is 18.2 Å². The van der Waals surface area contributed by atoms with Gasteiger partial charge in [0.25, 0.3) is 0 Å². The molecule has 0 radical (unpaired) electrons. The quantitative estimate of drug-likeness (QED) is 0.778. The van der Waals surface area contributed by atoms with Crippen molar-refractivity contribution >= 4 is 11.9 Å². The van der Waals surface area contributed by atoms with Gasteiger partial charge in [0.05, 0.1) is 30.9 Å². The summed E-state index contributed by atoms with van der Waals surface area (Å²) >= 11 is 0. The van der Waals surface area contributed by atoms with Crippen LogP contribution in [0.25, 0.3) is 0 Å². The molecule has 25 heavy (non-hydrogen) atoms. The number of hydrogen-bond acceptors (Lipinski definition) is 4. The van der Waals surface area contributed by atoms with Gasteiger partial charge in [0.15, 0.2) is 5.78 Å². The van der Waals surface area contributed by atoms with Crippen molar-refractivity contribution < 1.29 is 27.8 Å². The van der Waals surface area contributed by atoms with Gasteiger partial charge in [-0.3, -0.25) is 9.69 Å². The Hall–Kier alpha value is -2.02. The van der Waals surface area contributed by atoms with Crippen LogP contribution >= 0.6 is 0 Å². The molecule has 1 fully saturated rings. The minimum atomic E-state index is -0.918. The van der Waals surface area contributed by atoms with Crippen molar-refractivity contribution in [1.82, 2.24) is 4.90 Å². The van der Waals surface area contributed by atoms with Gasteiger partial charge >= 0.3 is 6.09 Å². The second kappa shape index (κ2) is 7.47. The van der Waals surface area contributed by atoms with Crippen LogP contribution in [-0.4, -0.2) is 47.7 Å². The van der Waals surface area contributed by atoms with Crippen molar-refractivity contribution in [3.8, 4) is 0 Å². The number of morpholine rings is 1. The minimum absolute atomic E-state index is 0.133. The lowest BCUT2D eigenvalue weighted by atomic mass is 10.0. The molecule has 0 spiro atoms. The summed E-state index contributed by atoms with van der Waals surface area (Å²) in [5, 5.41) is 0. The van der Waals surface area contributed by atoms with Crippen LogP contribution < -0.4 is 0 Å². The number of hydrogen-bond donors (Lipinski definition) is 0. The van der Waals surface area contributed by atoms with Gasteiger partial charge in [-0.15, -0.1) is 0 Å². The lowest BCUT2D eigenvalue weighted by Gasteiger charge is -2.40. The van der Waals surface area contributed by atoms with Crippen LogP contribution in [0.5, 0.6) is 0 Å². The number of benzene rings is 1. The van der Waals surface area contributed by atoms with Crippen LogP contribution in [0.1, 0.15) is 44.5 Å². The number of amides is 1. The van der Waals surface area contributed by atoms with Crippen molar-refractivity contribution in [3.63, 3.8) is 0 Å². The van der Waals surface area contributed by atoms with Crippen LogP contribution in [0.2, 0.25) is 0 Å². The van der Waals surface area contributed by atoms with Gasteiger partial charge in [-0.2, -0.15) is 0 Å². The fourth-order valence-electron chi connectivity index (χ4n) is 2.74. The number of ketones is 1. The molecule has 2 rings (SSSR count). The third-order valence-electron chi connectivity index (χ3n) is 3.79. The highest BCUT2D eigenvalue weighted by Gasteiger charge is 2.36. The first-order valence-corrected chi connectivity index (χ1v) is 8.16. The van der Waals surface area contributed by atoms with E-state index in [4.69, 9.17) is 9.47 Å². The monoisotopic (exact) mass is 355 g/mol. The standard InChI is InChI=1S/C18H23F2NO4/c1-11-9-24-10-13(21(11)17(23)25-18(2,3)4)8-16(22)14-6-5-12(19)7-15(14)20/h5-7,11,13H,8-10H2,1-4H3. The van der Waals surface area contributed by atoms with E-state index >= 15 is 0 Å². The van der Waals surface area contributed by atoms with Gasteiger partial charge in [-0.05, 0) is 39.8 Å². The maximum absolute atomic E-state index is 13.8. The van der Waals surface area contributed by atoms with Crippen molar-refractivity contribution in [1.29, 1.82) is 0 Å². The number of carbonyl (C=O) groups excluding carboxylic acids is 2. The van der Waals surface area contributed by atoms with Gasteiger partial charge in [0, 0.05) is 12.5 Å². The Morgan fingerprint density at radius 1 is 1.28 bits per heavy atom. The highest BCUT2D eigenvalue weighted by atomic mass is 19.1. The molecule has 1 saturated heterocycles. The van der Waals surface area contributed by atoms with E-state index in [1.807, 2.05) is 0 Å². The number of carbonyl (C=O) groups is 2. The third kappa shape index (κ3) is 4.98. The summed E-state index contributed by atoms with van der Waals surface area (Å²) in [7, 11) is 0. The van der Waals surface area contributed by atoms with E-state index in [2.05, 4.69) is 0 Å². The molecule has 1 heterocycles. The minimum Gasteiger partial charge on any atom is -0.444 e. The van der Waals surface area contributed by atoms with Crippen molar-refractivity contribution in [2.45, 2.75) is 51.8 Å². The van der Waals surface area contributed by atoms with Crippen molar-refractivity contribution in [2.75, 3.05) is 13.2 Å². The summed E-state index contributed by atoms with van der Waals surface area (Å²) in [6, 6.07) is 1.95. The van der Waals surface area contributed by atoms with E-state index in [0.717, 1.165) is 12.1 Å². The van der Waals surface area contributed by atoms with E-state index in [1.165, 1.54) is 4.90 Å². The fourth-order valence-corrected chi connectivity index (χ4v) is 2.74. The molecule has 1 aromatic rings. The topological polar surface area (TPSA) is 55.8 Å². The molecule has 1 aliphatic heterocycles. The van der Waals surface area contributed by atoms with E-state index in [0.29, 0.717) is 12.7 Å². The normalized spacial score (nSPS) is 21.1. The second-order valence-electron chi connectivity index (χ2n) is 7.18. The molecule has 5 nitrogen and oxygen atoms in total. The number of nitrogens with zero attached hydrogens (tertiary/aromatic N) is 1. The Kier molecular flexibility index (Phi) is 5.77. The first kappa shape index (κ1) is 19.3. The SMILES string of the molecule is CC1COCC(CC(=O)c2ccc(F)cc2F)N1C(=O)OC(C)(C)C. The molecule has 0 aromatic heterocycles. The zero-order valence-corrected chi connectivity index (χ0v) is 14.8. The molecule has 0 saturated carbocycles. The molecule has 0 N–H and O–H groups in total. The predicted molar refractivity (Wildman–Crippen MR) is 87.4 cm³/mol. The van der Waals surface area contributed by atoms with Gasteiger partial charge in [-0.25, -0.2) is 13.6 Å². The molecule has 0 aliphatic carbocycles. The summed E-state index contributed by atoms with van der Waals surface area (Å²) in [6.07, 6.45) is -0.674. The third-order valence-corrected chi connectivity index (χ3v) is 3.79. The van der Waals surface area contributed by atoms with E-state index in [-0.39, 0.29) is 24.6 Å². The van der Waals surface area contributed by atoms with Crippen molar-refractivity contribution in [3.05, 3.63) is 35.4 Å². The molecule has 1 aromatic carbocycles. The predicted octanol–water partition coefficient (Wildman–Crippen LogP) is 3.56. The van der Waals surface area contributed by atoms with Crippen molar-refractivity contribution in [2.24, 2.45) is 0 Å². The van der Waals surface area contributed by atoms with E-state index in [9.17, 15) is 18.4 Å². The number of Topliss-reactive ketones (excluding diaryl/α,β-unsaturated/α-hetero) is 1. The highest BCUT2D eigenvalue weighted by Crippen LogP contribution is 2.22. The van der Waals surface area contributed by atoms with Crippen LogP contribution in [0.3, 0.4) is 0 Å². The molecule has 2 unspecified atom stereocenters. The average molecular weight is 355 g/mol. The zero-order valence-electron chi connectivity index (χ0n) is 14.8. The van der Waals surface area contributed by atoms with Gasteiger partial charge in [0.2, 0.25) is 0 Å². The maximum atomic E-state index is 13.8. The molecule has 7 heteroatoms. The molecule has 1 aliphatic rings. The zero-order chi connectivity index (χ0) is 18.8. The Morgan fingerprint density at radius 3 is 2.56 bits per heavy atom. The Labute approximate surface area is 145 Å². The molecular formula is C18H23F2NO4. The molecule has 1 amide bonds. The number of halogens is 2. The first-order chi connectivity index (χ1) is 11.6. The smallest absolute Gasteiger partial charge is 0.410 e. The highest BCUT2D eigenvalue weighted by molar-refractivity contribution is 5.96. The molecule has 2 atom stereocenters. The van der Waals surface area contributed by atoms with Gasteiger partial charge in [0.1, 0.15) is 17.2 Å². The number of rotatable bonds is 3. The molecular weight excluding hydrogens is 332 g/mol. The lowest BCUT2D eigenvalue weighted by molar-refractivity contribution is -0.0558. The average Bonchev–Trinajstić information content (AvgIpc) is 2.44. The summed E-state index contributed by atoms with van der Waals surface area (Å²) in [6.45, 7) is 7.53. The van der Waals surface area contributed by atoms with Crippen LogP contribution in [0.4, 0.5) is 13.6 Å². The number of ether oxygens (including phenoxy) is 2. The summed E-state index contributed by atoms with van der Waals surface area (Å²) in [5.74, 6) is -2.19. The maximum Gasteiger partial charge on any atom is 0.410 e. The molecule has 138 valence electrons. The Morgan fingerprint density at radius 2 is 1.96 bits per heavy atom. The van der Waals surface area contributed by atoms with Gasteiger partial charge < -0.3 is 9.47 Å². The summed E-state index contributed by atoms with van der Waals surface area (Å²) < 4.78 is 37.7. The van der Waals surface area contributed by atoms with E-state index < -0.39 is 35.2 Å². The first-order valence-electron chi connectivity index (χ1n) is 8.16. The lowest BCUT2D eigenvalue weighted by Crippen LogP contribution is -2.55. The van der Waals surface area contributed by atoms with Crippen LogP contribution in [0, 0.1) is 11.6 Å². The fraction of sp³-hybridized carbons (Fsp3) is 0.556. The summed E-state index contributed by atoms with van der Waals surface area (Å²) in [4.78, 5) is 26.4. The van der Waals surface area contributed by atoms with Crippen LogP contribution in [-0.2, 0) is 9.47 Å². The Balaban J connectivity index is 2.17. The largest absolute Gasteiger partial charge is 0.444 e.